The molecule has 21 heavy (non-hydrogen) atoms. The van der Waals surface area contributed by atoms with Crippen molar-refractivity contribution in [3.63, 3.8) is 0 Å². The summed E-state index contributed by atoms with van der Waals surface area (Å²) in [6, 6.07) is 10.2. The predicted molar refractivity (Wildman–Crippen MR) is 76.7 cm³/mol. The van der Waals surface area contributed by atoms with Crippen molar-refractivity contribution in [2.24, 2.45) is 5.73 Å². The smallest absolute Gasteiger partial charge is 0.257 e. The molecule has 0 saturated carbocycles. The van der Waals surface area contributed by atoms with Crippen LogP contribution in [0, 0.1) is 23.5 Å². The van der Waals surface area contributed by atoms with Crippen molar-refractivity contribution in [3.8, 4) is 11.8 Å². The Bertz CT molecular complexity index is 733. The Morgan fingerprint density at radius 3 is 2.67 bits per heavy atom. The zero-order chi connectivity index (χ0) is 15.2. The molecular weight excluding hydrogens is 274 g/mol. The second-order valence-electron chi connectivity index (χ2n) is 4.11. The molecule has 0 radical (unpaired) electrons. The van der Waals surface area contributed by atoms with Crippen LogP contribution >= 0.6 is 0 Å². The third-order valence-electron chi connectivity index (χ3n) is 2.70. The summed E-state index contributed by atoms with van der Waals surface area (Å²) in [5, 5.41) is 2.33. The fourth-order valence-electron chi connectivity index (χ4n) is 1.73. The van der Waals surface area contributed by atoms with Gasteiger partial charge in [0.1, 0.15) is 0 Å². The molecule has 3 nitrogen and oxygen atoms in total. The van der Waals surface area contributed by atoms with Gasteiger partial charge in [0.05, 0.1) is 17.8 Å². The molecule has 0 aliphatic rings. The molecule has 0 bridgehead atoms. The molecule has 5 heteroatoms. The monoisotopic (exact) mass is 286 g/mol. The van der Waals surface area contributed by atoms with Crippen molar-refractivity contribution in [2.45, 2.75) is 0 Å². The predicted octanol–water partition coefficient (Wildman–Crippen LogP) is 2.53. The molecule has 1 amide bonds. The number of halogens is 2. The summed E-state index contributed by atoms with van der Waals surface area (Å²) in [4.78, 5) is 12.2. The molecule has 2 aromatic rings. The molecule has 3 N–H and O–H groups in total. The van der Waals surface area contributed by atoms with E-state index in [2.05, 4.69) is 17.2 Å². The number of carbonyl (C=O) groups excluding carboxylic acids is 1. The van der Waals surface area contributed by atoms with E-state index in [4.69, 9.17) is 5.73 Å². The number of amides is 1. The van der Waals surface area contributed by atoms with E-state index in [1.165, 1.54) is 12.1 Å². The molecule has 0 aliphatic carbocycles. The van der Waals surface area contributed by atoms with Crippen LogP contribution in [0.15, 0.2) is 42.5 Å². The summed E-state index contributed by atoms with van der Waals surface area (Å²) in [5.41, 5.74) is 5.81. The third-order valence-corrected chi connectivity index (χ3v) is 2.70. The fourth-order valence-corrected chi connectivity index (χ4v) is 1.73. The van der Waals surface area contributed by atoms with Crippen molar-refractivity contribution < 1.29 is 13.6 Å². The molecule has 0 heterocycles. The number of rotatable bonds is 2. The number of carbonyl (C=O) groups is 1. The lowest BCUT2D eigenvalue weighted by molar-refractivity contribution is 0.102. The number of hydrogen-bond acceptors (Lipinski definition) is 2. The minimum Gasteiger partial charge on any atom is -0.320 e. The second-order valence-corrected chi connectivity index (χ2v) is 4.11. The van der Waals surface area contributed by atoms with Crippen molar-refractivity contribution in [1.82, 2.24) is 0 Å². The van der Waals surface area contributed by atoms with Crippen molar-refractivity contribution in [2.75, 3.05) is 11.9 Å². The summed E-state index contributed by atoms with van der Waals surface area (Å²) in [5.74, 6) is 2.72. The van der Waals surface area contributed by atoms with E-state index in [1.54, 1.807) is 24.3 Å². The van der Waals surface area contributed by atoms with Gasteiger partial charge in [0, 0.05) is 5.56 Å². The maximum atomic E-state index is 13.5. The first kappa shape index (κ1) is 14.7. The Balaban J connectivity index is 2.31. The third kappa shape index (κ3) is 3.44. The standard InChI is InChI=1S/C16H12F2N2O/c17-13-8-3-9-14(15(13)18)20-16(21)12-7-2-1-5-11(12)6-4-10-19/h1-3,5,7-9H,10,19H2,(H,20,21). The highest BCUT2D eigenvalue weighted by atomic mass is 19.2. The van der Waals surface area contributed by atoms with Crippen molar-refractivity contribution in [3.05, 3.63) is 65.2 Å². The average molecular weight is 286 g/mol. The van der Waals surface area contributed by atoms with E-state index in [9.17, 15) is 13.6 Å². The van der Waals surface area contributed by atoms with Crippen LogP contribution in [0.5, 0.6) is 0 Å². The number of nitrogens with two attached hydrogens (primary N) is 1. The van der Waals surface area contributed by atoms with Crippen LogP contribution in [-0.2, 0) is 0 Å². The molecule has 0 aromatic heterocycles. The Hall–Kier alpha value is -2.71. The van der Waals surface area contributed by atoms with Crippen LogP contribution in [0.3, 0.4) is 0 Å². The number of benzene rings is 2. The van der Waals surface area contributed by atoms with Crippen molar-refractivity contribution >= 4 is 11.6 Å². The van der Waals surface area contributed by atoms with E-state index >= 15 is 0 Å². The summed E-state index contributed by atoms with van der Waals surface area (Å²) in [6.45, 7) is 0.161. The van der Waals surface area contributed by atoms with E-state index in [0.717, 1.165) is 6.07 Å². The Kier molecular flexibility index (Phi) is 4.64. The lowest BCUT2D eigenvalue weighted by Crippen LogP contribution is -2.15. The molecule has 0 fully saturated rings. The van der Waals surface area contributed by atoms with Gasteiger partial charge in [-0.2, -0.15) is 0 Å². The highest BCUT2D eigenvalue weighted by Crippen LogP contribution is 2.18. The maximum absolute atomic E-state index is 13.5. The first-order chi connectivity index (χ1) is 10.1. The van der Waals surface area contributed by atoms with E-state index < -0.39 is 17.5 Å². The molecule has 0 atom stereocenters. The average Bonchev–Trinajstić information content (AvgIpc) is 2.50. The van der Waals surface area contributed by atoms with Gasteiger partial charge in [0.15, 0.2) is 11.6 Å². The lowest BCUT2D eigenvalue weighted by Gasteiger charge is -2.08. The molecule has 0 aliphatic heterocycles. The fraction of sp³-hybridized carbons (Fsp3) is 0.0625. The molecule has 0 unspecified atom stereocenters. The van der Waals surface area contributed by atoms with E-state index in [0.29, 0.717) is 5.56 Å². The Morgan fingerprint density at radius 2 is 1.90 bits per heavy atom. The largest absolute Gasteiger partial charge is 0.320 e. The first-order valence-electron chi connectivity index (χ1n) is 6.17. The number of anilines is 1. The quantitative estimate of drug-likeness (QED) is 0.834. The van der Waals surface area contributed by atoms with Gasteiger partial charge in [-0.05, 0) is 24.3 Å². The highest BCUT2D eigenvalue weighted by molar-refractivity contribution is 6.06. The minimum atomic E-state index is -1.10. The van der Waals surface area contributed by atoms with Crippen LogP contribution in [0.1, 0.15) is 15.9 Å². The molecule has 0 saturated heterocycles. The lowest BCUT2D eigenvalue weighted by atomic mass is 10.1. The van der Waals surface area contributed by atoms with Gasteiger partial charge < -0.3 is 11.1 Å². The zero-order valence-electron chi connectivity index (χ0n) is 11.0. The van der Waals surface area contributed by atoms with Crippen LogP contribution in [0.4, 0.5) is 14.5 Å². The number of hydrogen-bond donors (Lipinski definition) is 2. The summed E-state index contributed by atoms with van der Waals surface area (Å²) >= 11 is 0. The van der Waals surface area contributed by atoms with Crippen LogP contribution in [0.2, 0.25) is 0 Å². The van der Waals surface area contributed by atoms with E-state index in [1.807, 2.05) is 0 Å². The molecule has 2 rings (SSSR count). The molecule has 0 spiro atoms. The summed E-state index contributed by atoms with van der Waals surface area (Å²) < 4.78 is 26.7. The van der Waals surface area contributed by atoms with E-state index in [-0.39, 0.29) is 17.8 Å². The maximum Gasteiger partial charge on any atom is 0.257 e. The van der Waals surface area contributed by atoms with Gasteiger partial charge in [-0.25, -0.2) is 8.78 Å². The van der Waals surface area contributed by atoms with Gasteiger partial charge >= 0.3 is 0 Å². The van der Waals surface area contributed by atoms with Crippen LogP contribution in [-0.4, -0.2) is 12.5 Å². The minimum absolute atomic E-state index is 0.161. The van der Waals surface area contributed by atoms with Crippen LogP contribution in [0.25, 0.3) is 0 Å². The topological polar surface area (TPSA) is 55.1 Å². The van der Waals surface area contributed by atoms with Crippen molar-refractivity contribution in [1.29, 1.82) is 0 Å². The first-order valence-corrected chi connectivity index (χ1v) is 6.17. The summed E-state index contributed by atoms with van der Waals surface area (Å²) in [6.07, 6.45) is 0. The Labute approximate surface area is 120 Å². The van der Waals surface area contributed by atoms with Gasteiger partial charge in [0.2, 0.25) is 0 Å². The second kappa shape index (κ2) is 6.64. The van der Waals surface area contributed by atoms with Crippen LogP contribution < -0.4 is 11.1 Å². The zero-order valence-corrected chi connectivity index (χ0v) is 11.0. The van der Waals surface area contributed by atoms with Gasteiger partial charge in [-0.1, -0.05) is 30.0 Å². The molecule has 2 aromatic carbocycles. The van der Waals surface area contributed by atoms with Gasteiger partial charge in [0.25, 0.3) is 5.91 Å². The molecular formula is C16H12F2N2O. The summed E-state index contributed by atoms with van der Waals surface area (Å²) in [7, 11) is 0. The van der Waals surface area contributed by atoms with Gasteiger partial charge in [-0.3, -0.25) is 4.79 Å². The Morgan fingerprint density at radius 1 is 1.14 bits per heavy atom. The number of nitrogens with one attached hydrogen (secondary N) is 1. The SMILES string of the molecule is NCC#Cc1ccccc1C(=O)Nc1cccc(F)c1F. The van der Waals surface area contributed by atoms with Gasteiger partial charge in [-0.15, -0.1) is 0 Å². The normalized spacial score (nSPS) is 9.67. The molecule has 106 valence electrons. The highest BCUT2D eigenvalue weighted by Gasteiger charge is 2.14.